The predicted molar refractivity (Wildman–Crippen MR) is 77.8 cm³/mol. The van der Waals surface area contributed by atoms with Crippen LogP contribution in [0, 0.1) is 5.92 Å². The van der Waals surface area contributed by atoms with Gasteiger partial charge >= 0.3 is 0 Å². The number of aromatic nitrogens is 1. The minimum Gasteiger partial charge on any atom is -0.390 e. The highest BCUT2D eigenvalue weighted by Crippen LogP contribution is 2.32. The van der Waals surface area contributed by atoms with E-state index in [1.54, 1.807) is 21.1 Å². The number of aliphatic hydroxyl groups excluding tert-OH is 1. The highest BCUT2D eigenvalue weighted by atomic mass is 32.2. The van der Waals surface area contributed by atoms with Crippen LogP contribution in [0.4, 0.5) is 0 Å². The van der Waals surface area contributed by atoms with Crippen molar-refractivity contribution in [1.82, 2.24) is 8.87 Å². The zero-order valence-corrected chi connectivity index (χ0v) is 13.2. The summed E-state index contributed by atoms with van der Waals surface area (Å²) in [5.41, 5.74) is 0.640. The van der Waals surface area contributed by atoms with Gasteiger partial charge in [-0.25, -0.2) is 8.42 Å². The Bertz CT molecular complexity index is 537. The van der Waals surface area contributed by atoms with E-state index >= 15 is 0 Å². The molecular weight excluding hydrogens is 276 g/mol. The monoisotopic (exact) mass is 300 g/mol. The number of sulfonamides is 1. The summed E-state index contributed by atoms with van der Waals surface area (Å²) in [6, 6.07) is 1.53. The standard InChI is InChI=1S/C14H24N2O3S/c1-4-15-9-14(7-13(15)10-17)20(18,19)16(11(2)3)8-12-5-6-12/h7,9,11-12,17H,4-6,8,10H2,1-3H3. The normalized spacial score (nSPS) is 16.3. The topological polar surface area (TPSA) is 62.5 Å². The van der Waals surface area contributed by atoms with Crippen molar-refractivity contribution in [1.29, 1.82) is 0 Å². The molecule has 2 rings (SSSR count). The first kappa shape index (κ1) is 15.5. The van der Waals surface area contributed by atoms with Gasteiger partial charge < -0.3 is 9.67 Å². The highest BCUT2D eigenvalue weighted by Gasteiger charge is 2.34. The van der Waals surface area contributed by atoms with Gasteiger partial charge in [0.05, 0.1) is 6.61 Å². The van der Waals surface area contributed by atoms with Gasteiger partial charge in [0.15, 0.2) is 0 Å². The first-order valence-electron chi connectivity index (χ1n) is 7.21. The summed E-state index contributed by atoms with van der Waals surface area (Å²) in [5.74, 6) is 0.512. The second-order valence-corrected chi connectivity index (χ2v) is 7.61. The number of aliphatic hydroxyl groups is 1. The Morgan fingerprint density at radius 2 is 2.10 bits per heavy atom. The molecule has 0 atom stereocenters. The van der Waals surface area contributed by atoms with E-state index in [0.29, 0.717) is 24.7 Å². The van der Waals surface area contributed by atoms with Gasteiger partial charge in [0, 0.05) is 31.0 Å². The molecule has 5 nitrogen and oxygen atoms in total. The Hall–Kier alpha value is -0.850. The lowest BCUT2D eigenvalue weighted by Gasteiger charge is -2.25. The SMILES string of the molecule is CCn1cc(S(=O)(=O)N(CC2CC2)C(C)C)cc1CO. The van der Waals surface area contributed by atoms with Gasteiger partial charge in [0.2, 0.25) is 10.0 Å². The lowest BCUT2D eigenvalue weighted by Crippen LogP contribution is -2.38. The molecule has 1 aliphatic carbocycles. The van der Waals surface area contributed by atoms with Crippen LogP contribution in [0.5, 0.6) is 0 Å². The maximum absolute atomic E-state index is 12.8. The molecule has 0 radical (unpaired) electrons. The average molecular weight is 300 g/mol. The molecular formula is C14H24N2O3S. The fourth-order valence-corrected chi connectivity index (χ4v) is 4.15. The van der Waals surface area contributed by atoms with E-state index in [4.69, 9.17) is 0 Å². The maximum atomic E-state index is 12.8. The van der Waals surface area contributed by atoms with Crippen molar-refractivity contribution < 1.29 is 13.5 Å². The van der Waals surface area contributed by atoms with Crippen molar-refractivity contribution in [3.8, 4) is 0 Å². The lowest BCUT2D eigenvalue weighted by atomic mass is 10.3. The molecule has 0 bridgehead atoms. The minimum atomic E-state index is -3.48. The molecule has 1 N–H and O–H groups in total. The molecule has 0 amide bonds. The van der Waals surface area contributed by atoms with Gasteiger partial charge in [-0.2, -0.15) is 4.31 Å². The van der Waals surface area contributed by atoms with Gasteiger partial charge in [-0.3, -0.25) is 0 Å². The van der Waals surface area contributed by atoms with Crippen LogP contribution in [-0.4, -0.2) is 35.0 Å². The van der Waals surface area contributed by atoms with Crippen LogP contribution in [0.15, 0.2) is 17.2 Å². The predicted octanol–water partition coefficient (Wildman–Crippen LogP) is 1.81. The molecule has 0 aliphatic heterocycles. The van der Waals surface area contributed by atoms with Crippen molar-refractivity contribution in [3.05, 3.63) is 18.0 Å². The number of nitrogens with zero attached hydrogens (tertiary/aromatic N) is 2. The summed E-state index contributed by atoms with van der Waals surface area (Å²) in [6.45, 7) is 6.85. The van der Waals surface area contributed by atoms with Crippen molar-refractivity contribution >= 4 is 10.0 Å². The first-order valence-corrected chi connectivity index (χ1v) is 8.65. The molecule has 6 heteroatoms. The first-order chi connectivity index (χ1) is 9.40. The molecule has 0 aromatic carbocycles. The fourth-order valence-electron chi connectivity index (χ4n) is 2.37. The number of rotatable bonds is 7. The highest BCUT2D eigenvalue weighted by molar-refractivity contribution is 7.89. The summed E-state index contributed by atoms with van der Waals surface area (Å²) in [6.07, 6.45) is 3.87. The number of hydrogen-bond acceptors (Lipinski definition) is 3. The van der Waals surface area contributed by atoms with Crippen LogP contribution >= 0.6 is 0 Å². The molecule has 0 spiro atoms. The van der Waals surface area contributed by atoms with E-state index < -0.39 is 10.0 Å². The van der Waals surface area contributed by atoms with E-state index in [1.807, 2.05) is 20.8 Å². The fraction of sp³-hybridized carbons (Fsp3) is 0.714. The Morgan fingerprint density at radius 3 is 2.50 bits per heavy atom. The van der Waals surface area contributed by atoms with Gasteiger partial charge in [0.25, 0.3) is 0 Å². The average Bonchev–Trinajstić information content (AvgIpc) is 3.11. The third kappa shape index (κ3) is 3.07. The molecule has 1 aromatic rings. The molecule has 1 aromatic heterocycles. The second kappa shape index (κ2) is 5.87. The van der Waals surface area contributed by atoms with Gasteiger partial charge in [0.1, 0.15) is 4.90 Å². The van der Waals surface area contributed by atoms with Crippen LogP contribution in [-0.2, 0) is 23.2 Å². The Labute approximate surface area is 121 Å². The van der Waals surface area contributed by atoms with Crippen molar-refractivity contribution in [2.75, 3.05) is 6.54 Å². The summed E-state index contributed by atoms with van der Waals surface area (Å²) in [4.78, 5) is 0.290. The van der Waals surface area contributed by atoms with E-state index in [2.05, 4.69) is 0 Å². The number of hydrogen-bond donors (Lipinski definition) is 1. The molecule has 114 valence electrons. The maximum Gasteiger partial charge on any atom is 0.244 e. The summed E-state index contributed by atoms with van der Waals surface area (Å²) >= 11 is 0. The molecule has 1 saturated carbocycles. The second-order valence-electron chi connectivity index (χ2n) is 5.72. The smallest absolute Gasteiger partial charge is 0.244 e. The third-order valence-electron chi connectivity index (χ3n) is 3.78. The van der Waals surface area contributed by atoms with Crippen LogP contribution in [0.1, 0.15) is 39.3 Å². The van der Waals surface area contributed by atoms with E-state index in [1.165, 1.54) is 0 Å². The van der Waals surface area contributed by atoms with Crippen molar-refractivity contribution in [3.63, 3.8) is 0 Å². The van der Waals surface area contributed by atoms with Crippen molar-refractivity contribution in [2.45, 2.75) is 57.7 Å². The Kier molecular flexibility index (Phi) is 4.56. The minimum absolute atomic E-state index is 0.0526. The quantitative estimate of drug-likeness (QED) is 0.835. The largest absolute Gasteiger partial charge is 0.390 e. The molecule has 0 saturated heterocycles. The molecule has 20 heavy (non-hydrogen) atoms. The number of aryl methyl sites for hydroxylation is 1. The van der Waals surface area contributed by atoms with E-state index in [-0.39, 0.29) is 17.5 Å². The van der Waals surface area contributed by atoms with Crippen LogP contribution < -0.4 is 0 Å². The molecule has 1 heterocycles. The Morgan fingerprint density at radius 1 is 1.45 bits per heavy atom. The third-order valence-corrected chi connectivity index (χ3v) is 5.79. The zero-order valence-electron chi connectivity index (χ0n) is 12.4. The van der Waals surface area contributed by atoms with E-state index in [0.717, 1.165) is 12.8 Å². The zero-order chi connectivity index (χ0) is 14.9. The van der Waals surface area contributed by atoms with Gasteiger partial charge in [-0.15, -0.1) is 0 Å². The Balaban J connectivity index is 2.33. The summed E-state index contributed by atoms with van der Waals surface area (Å²) < 4.78 is 28.9. The van der Waals surface area contributed by atoms with E-state index in [9.17, 15) is 13.5 Å². The lowest BCUT2D eigenvalue weighted by molar-refractivity contribution is 0.271. The van der Waals surface area contributed by atoms with Crippen molar-refractivity contribution in [2.24, 2.45) is 5.92 Å². The van der Waals surface area contributed by atoms with Gasteiger partial charge in [-0.05, 0) is 45.6 Å². The molecule has 1 fully saturated rings. The molecule has 0 unspecified atom stereocenters. The summed E-state index contributed by atoms with van der Waals surface area (Å²) in [5, 5.41) is 9.30. The van der Waals surface area contributed by atoms with Crippen LogP contribution in [0.2, 0.25) is 0 Å². The van der Waals surface area contributed by atoms with Gasteiger partial charge in [-0.1, -0.05) is 0 Å². The molecule has 1 aliphatic rings. The van der Waals surface area contributed by atoms with Crippen LogP contribution in [0.25, 0.3) is 0 Å². The van der Waals surface area contributed by atoms with Crippen LogP contribution in [0.3, 0.4) is 0 Å². The summed E-state index contributed by atoms with van der Waals surface area (Å²) in [7, 11) is -3.48.